The van der Waals surface area contributed by atoms with E-state index in [1.54, 1.807) is 21.0 Å². The van der Waals surface area contributed by atoms with Gasteiger partial charge in [0.05, 0.1) is 12.7 Å². The maximum Gasteiger partial charge on any atom is 0.128 e. The monoisotopic (exact) mass is 250 g/mol. The molecule has 0 amide bonds. The Balaban J connectivity index is 3.61. The van der Waals surface area contributed by atoms with Gasteiger partial charge in [-0.15, -0.1) is 0 Å². The second-order valence-electron chi connectivity index (χ2n) is 6.39. The van der Waals surface area contributed by atoms with Gasteiger partial charge in [0.25, 0.3) is 0 Å². The van der Waals surface area contributed by atoms with Gasteiger partial charge in [0.2, 0.25) is 0 Å². The predicted octanol–water partition coefficient (Wildman–Crippen LogP) is 3.78. The van der Waals surface area contributed by atoms with E-state index in [9.17, 15) is 5.11 Å². The molecule has 0 unspecified atom stereocenters. The summed E-state index contributed by atoms with van der Waals surface area (Å²) in [7, 11) is 1.67. The molecule has 0 aliphatic heterocycles. The molecule has 0 aromatic heterocycles. The number of aryl methyl sites for hydroxylation is 1. The Morgan fingerprint density at radius 2 is 1.56 bits per heavy atom. The summed E-state index contributed by atoms with van der Waals surface area (Å²) in [5, 5.41) is 10.3. The molecule has 0 atom stereocenters. The molecule has 0 aliphatic rings. The molecule has 0 saturated heterocycles. The van der Waals surface area contributed by atoms with Gasteiger partial charge in [-0.1, -0.05) is 33.8 Å². The molecule has 2 heteroatoms. The molecule has 18 heavy (non-hydrogen) atoms. The van der Waals surface area contributed by atoms with Gasteiger partial charge in [-0.2, -0.15) is 0 Å². The SMILES string of the molecule is CCc1cc(C(C)(C)C)c(OC)c(C(C)(C)O)c1. The Bertz CT molecular complexity index is 385. The smallest absolute Gasteiger partial charge is 0.128 e. The summed E-state index contributed by atoms with van der Waals surface area (Å²) < 4.78 is 5.57. The van der Waals surface area contributed by atoms with Crippen LogP contribution in [0.5, 0.6) is 5.75 Å². The van der Waals surface area contributed by atoms with Crippen molar-refractivity contribution in [3.8, 4) is 5.75 Å². The lowest BCUT2D eigenvalue weighted by Gasteiger charge is -2.29. The number of hydrogen-bond donors (Lipinski definition) is 1. The maximum atomic E-state index is 10.3. The van der Waals surface area contributed by atoms with Gasteiger partial charge in [-0.25, -0.2) is 0 Å². The Hall–Kier alpha value is -1.02. The van der Waals surface area contributed by atoms with Gasteiger partial charge in [0, 0.05) is 11.1 Å². The standard InChI is InChI=1S/C16H26O2/c1-8-11-9-12(15(2,3)4)14(18-7)13(10-11)16(5,6)17/h9-10,17H,8H2,1-7H3. The molecule has 0 radical (unpaired) electrons. The van der Waals surface area contributed by atoms with Crippen LogP contribution in [-0.2, 0) is 17.4 Å². The zero-order valence-electron chi connectivity index (χ0n) is 12.7. The largest absolute Gasteiger partial charge is 0.496 e. The summed E-state index contributed by atoms with van der Waals surface area (Å²) in [6.45, 7) is 12.2. The quantitative estimate of drug-likeness (QED) is 0.884. The zero-order valence-corrected chi connectivity index (χ0v) is 12.7. The van der Waals surface area contributed by atoms with Crippen LogP contribution < -0.4 is 4.74 Å². The molecule has 0 saturated carbocycles. The van der Waals surface area contributed by atoms with E-state index < -0.39 is 5.60 Å². The van der Waals surface area contributed by atoms with Crippen LogP contribution in [0.25, 0.3) is 0 Å². The molecule has 0 fully saturated rings. The number of aliphatic hydroxyl groups is 1. The molecular formula is C16H26O2. The fraction of sp³-hybridized carbons (Fsp3) is 0.625. The van der Waals surface area contributed by atoms with Crippen LogP contribution in [0.4, 0.5) is 0 Å². The van der Waals surface area contributed by atoms with Crippen LogP contribution in [0, 0.1) is 0 Å². The summed E-state index contributed by atoms with van der Waals surface area (Å²) in [6, 6.07) is 4.24. The lowest BCUT2D eigenvalue weighted by molar-refractivity contribution is 0.0752. The van der Waals surface area contributed by atoms with E-state index in [0.29, 0.717) is 0 Å². The van der Waals surface area contributed by atoms with Gasteiger partial charge in [0.1, 0.15) is 5.75 Å². The van der Waals surface area contributed by atoms with E-state index in [4.69, 9.17) is 4.74 Å². The molecule has 1 N–H and O–H groups in total. The van der Waals surface area contributed by atoms with Crippen molar-refractivity contribution in [3.05, 3.63) is 28.8 Å². The number of ether oxygens (including phenoxy) is 1. The second kappa shape index (κ2) is 4.93. The average molecular weight is 250 g/mol. The Kier molecular flexibility index (Phi) is 4.12. The molecule has 102 valence electrons. The van der Waals surface area contributed by atoms with E-state index >= 15 is 0 Å². The third-order valence-electron chi connectivity index (χ3n) is 3.23. The first-order chi connectivity index (χ1) is 8.11. The fourth-order valence-electron chi connectivity index (χ4n) is 2.12. The summed E-state index contributed by atoms with van der Waals surface area (Å²) in [5.74, 6) is 0.812. The molecule has 1 aromatic carbocycles. The summed E-state index contributed by atoms with van der Waals surface area (Å²) in [5.41, 5.74) is 2.36. The van der Waals surface area contributed by atoms with E-state index in [0.717, 1.165) is 23.3 Å². The van der Waals surface area contributed by atoms with Gasteiger partial charge < -0.3 is 9.84 Å². The molecule has 0 bridgehead atoms. The summed E-state index contributed by atoms with van der Waals surface area (Å²) >= 11 is 0. The lowest BCUT2D eigenvalue weighted by Crippen LogP contribution is -2.21. The Labute approximate surface area is 111 Å². The van der Waals surface area contributed by atoms with E-state index in [2.05, 4.69) is 33.8 Å². The molecule has 1 rings (SSSR count). The zero-order chi connectivity index (χ0) is 14.1. The molecule has 1 aromatic rings. The van der Waals surface area contributed by atoms with E-state index in [-0.39, 0.29) is 5.41 Å². The van der Waals surface area contributed by atoms with Crippen LogP contribution in [0.15, 0.2) is 12.1 Å². The second-order valence-corrected chi connectivity index (χ2v) is 6.39. The maximum absolute atomic E-state index is 10.3. The molecule has 0 spiro atoms. The third-order valence-corrected chi connectivity index (χ3v) is 3.23. The van der Waals surface area contributed by atoms with Crippen LogP contribution >= 0.6 is 0 Å². The topological polar surface area (TPSA) is 29.5 Å². The van der Waals surface area contributed by atoms with Crippen molar-refractivity contribution in [2.45, 2.75) is 59.0 Å². The first-order valence-corrected chi connectivity index (χ1v) is 6.55. The van der Waals surface area contributed by atoms with Crippen molar-refractivity contribution >= 4 is 0 Å². The summed E-state index contributed by atoms with van der Waals surface area (Å²) in [4.78, 5) is 0. The molecule has 2 nitrogen and oxygen atoms in total. The van der Waals surface area contributed by atoms with Crippen molar-refractivity contribution in [2.75, 3.05) is 7.11 Å². The highest BCUT2D eigenvalue weighted by Gasteiger charge is 2.28. The van der Waals surface area contributed by atoms with Crippen molar-refractivity contribution in [3.63, 3.8) is 0 Å². The highest BCUT2D eigenvalue weighted by Crippen LogP contribution is 2.39. The van der Waals surface area contributed by atoms with Gasteiger partial charge in [-0.3, -0.25) is 0 Å². The fourth-order valence-corrected chi connectivity index (χ4v) is 2.12. The van der Waals surface area contributed by atoms with Crippen molar-refractivity contribution < 1.29 is 9.84 Å². The molecular weight excluding hydrogens is 224 g/mol. The Morgan fingerprint density at radius 1 is 1.06 bits per heavy atom. The molecule has 0 heterocycles. The number of benzene rings is 1. The van der Waals surface area contributed by atoms with Crippen molar-refractivity contribution in [2.24, 2.45) is 0 Å². The minimum atomic E-state index is -0.892. The normalized spacial score (nSPS) is 12.7. The highest BCUT2D eigenvalue weighted by atomic mass is 16.5. The minimum Gasteiger partial charge on any atom is -0.496 e. The average Bonchev–Trinajstić information content (AvgIpc) is 2.24. The van der Waals surface area contributed by atoms with Gasteiger partial charge in [0.15, 0.2) is 0 Å². The minimum absolute atomic E-state index is 0.00345. The van der Waals surface area contributed by atoms with Crippen LogP contribution in [0.1, 0.15) is 58.2 Å². The van der Waals surface area contributed by atoms with E-state index in [1.807, 2.05) is 6.07 Å². The lowest BCUT2D eigenvalue weighted by atomic mass is 9.81. The summed E-state index contributed by atoms with van der Waals surface area (Å²) in [6.07, 6.45) is 0.955. The predicted molar refractivity (Wildman–Crippen MR) is 76.3 cm³/mol. The van der Waals surface area contributed by atoms with Gasteiger partial charge >= 0.3 is 0 Å². The van der Waals surface area contributed by atoms with Gasteiger partial charge in [-0.05, 0) is 37.3 Å². The highest BCUT2D eigenvalue weighted by molar-refractivity contribution is 5.50. The number of hydrogen-bond acceptors (Lipinski definition) is 2. The number of methoxy groups -OCH3 is 1. The van der Waals surface area contributed by atoms with Crippen molar-refractivity contribution in [1.29, 1.82) is 0 Å². The molecule has 0 aliphatic carbocycles. The Morgan fingerprint density at radius 3 is 1.89 bits per heavy atom. The van der Waals surface area contributed by atoms with Crippen LogP contribution in [-0.4, -0.2) is 12.2 Å². The first-order valence-electron chi connectivity index (χ1n) is 6.55. The number of rotatable bonds is 3. The van der Waals surface area contributed by atoms with E-state index in [1.165, 1.54) is 5.56 Å². The van der Waals surface area contributed by atoms with Crippen LogP contribution in [0.3, 0.4) is 0 Å². The van der Waals surface area contributed by atoms with Crippen molar-refractivity contribution in [1.82, 2.24) is 0 Å². The van der Waals surface area contributed by atoms with Crippen LogP contribution in [0.2, 0.25) is 0 Å². The first kappa shape index (κ1) is 15.0. The third kappa shape index (κ3) is 3.05.